The van der Waals surface area contributed by atoms with Gasteiger partial charge in [0.05, 0.1) is 31.2 Å². The Hall–Kier alpha value is -3.34. The van der Waals surface area contributed by atoms with Gasteiger partial charge in [-0.3, -0.25) is 9.59 Å². The van der Waals surface area contributed by atoms with E-state index in [1.165, 1.54) is 0 Å². The van der Waals surface area contributed by atoms with Gasteiger partial charge in [-0.15, -0.1) is 0 Å². The maximum Gasteiger partial charge on any atom is 0.227 e. The van der Waals surface area contributed by atoms with Crippen LogP contribution < -0.4 is 20.3 Å². The highest BCUT2D eigenvalue weighted by atomic mass is 32.2. The molecule has 11 heteroatoms. The Kier molecular flexibility index (Phi) is 8.63. The van der Waals surface area contributed by atoms with Crippen LogP contribution in [0.2, 0.25) is 0 Å². The molecule has 1 aliphatic rings. The number of carbonyl (C=O) groups is 2. The van der Waals surface area contributed by atoms with E-state index in [1.807, 2.05) is 24.3 Å². The molecule has 0 aliphatic carbocycles. The lowest BCUT2D eigenvalue weighted by Crippen LogP contribution is -2.35. The second kappa shape index (κ2) is 12.1. The first-order valence-electron chi connectivity index (χ1n) is 12.4. The summed E-state index contributed by atoms with van der Waals surface area (Å²) in [5.41, 5.74) is 1.52. The van der Waals surface area contributed by atoms with E-state index in [1.54, 1.807) is 34.7 Å². The van der Waals surface area contributed by atoms with E-state index >= 15 is 0 Å². The van der Waals surface area contributed by atoms with E-state index in [4.69, 9.17) is 9.72 Å². The summed E-state index contributed by atoms with van der Waals surface area (Å²) in [6.07, 6.45) is 3.99. The average molecular weight is 512 g/mol. The van der Waals surface area contributed by atoms with Gasteiger partial charge in [0.25, 0.3) is 0 Å². The molecular weight excluding hydrogens is 478 g/mol. The van der Waals surface area contributed by atoms with Crippen LogP contribution in [-0.4, -0.2) is 64.1 Å². The predicted molar refractivity (Wildman–Crippen MR) is 142 cm³/mol. The van der Waals surface area contributed by atoms with Crippen molar-refractivity contribution in [2.75, 3.05) is 42.7 Å². The molecular formula is C25H33N7O3S. The van der Waals surface area contributed by atoms with Crippen molar-refractivity contribution in [3.8, 4) is 5.75 Å². The van der Waals surface area contributed by atoms with Crippen molar-refractivity contribution in [2.24, 2.45) is 5.92 Å². The van der Waals surface area contributed by atoms with Gasteiger partial charge in [0.2, 0.25) is 11.8 Å². The molecule has 1 fully saturated rings. The highest BCUT2D eigenvalue weighted by molar-refractivity contribution is 7.99. The van der Waals surface area contributed by atoms with Gasteiger partial charge in [0.1, 0.15) is 11.6 Å². The first-order valence-corrected chi connectivity index (χ1v) is 13.3. The zero-order valence-corrected chi connectivity index (χ0v) is 21.8. The van der Waals surface area contributed by atoms with Crippen molar-refractivity contribution in [1.82, 2.24) is 25.1 Å². The minimum Gasteiger partial charge on any atom is -0.497 e. The Labute approximate surface area is 215 Å². The van der Waals surface area contributed by atoms with E-state index in [-0.39, 0.29) is 18.2 Å². The van der Waals surface area contributed by atoms with Gasteiger partial charge < -0.3 is 20.3 Å². The summed E-state index contributed by atoms with van der Waals surface area (Å²) in [7, 11) is 1.60. The summed E-state index contributed by atoms with van der Waals surface area (Å²) >= 11 is 1.62. The van der Waals surface area contributed by atoms with E-state index in [9.17, 15) is 9.59 Å². The Morgan fingerprint density at radius 2 is 1.97 bits per heavy atom. The molecule has 2 aromatic heterocycles. The number of rotatable bonds is 12. The lowest BCUT2D eigenvalue weighted by Gasteiger charge is -2.17. The monoisotopic (exact) mass is 511 g/mol. The number of nitrogens with one attached hydrogen (secondary N) is 2. The molecule has 3 aromatic rings. The SMILES string of the molecule is CCCNc1nc(SCCC)nc2c1cnn2CCNC(=O)C1CC(=O)N(c2ccc(OC)cc2)C1. The third-order valence-electron chi connectivity index (χ3n) is 5.96. The average Bonchev–Trinajstić information content (AvgIpc) is 3.49. The minimum absolute atomic E-state index is 0.0562. The Morgan fingerprint density at radius 1 is 1.17 bits per heavy atom. The van der Waals surface area contributed by atoms with Crippen LogP contribution in [0.25, 0.3) is 11.0 Å². The number of thioether (sulfide) groups is 1. The van der Waals surface area contributed by atoms with Crippen LogP contribution in [0.1, 0.15) is 33.1 Å². The molecule has 0 radical (unpaired) electrons. The van der Waals surface area contributed by atoms with Crippen molar-refractivity contribution in [1.29, 1.82) is 0 Å². The highest BCUT2D eigenvalue weighted by Gasteiger charge is 2.35. The van der Waals surface area contributed by atoms with Gasteiger partial charge in [0.15, 0.2) is 10.8 Å². The third-order valence-corrected chi connectivity index (χ3v) is 7.01. The van der Waals surface area contributed by atoms with Gasteiger partial charge in [0, 0.05) is 37.5 Å². The summed E-state index contributed by atoms with van der Waals surface area (Å²) in [4.78, 5) is 36.4. The van der Waals surface area contributed by atoms with Gasteiger partial charge >= 0.3 is 0 Å². The highest BCUT2D eigenvalue weighted by Crippen LogP contribution is 2.27. The molecule has 36 heavy (non-hydrogen) atoms. The standard InChI is InChI=1S/C25H33N7O3S/c1-4-10-26-22-20-15-28-32(23(20)30-25(29-22)36-13-5-2)12-11-27-24(34)17-14-21(33)31(16-17)18-6-8-19(35-3)9-7-18/h6-9,15,17H,4-5,10-14,16H2,1-3H3,(H,27,34)(H,26,29,30). The quantitative estimate of drug-likeness (QED) is 0.281. The lowest BCUT2D eigenvalue weighted by atomic mass is 10.1. The van der Waals surface area contributed by atoms with Crippen LogP contribution >= 0.6 is 11.8 Å². The van der Waals surface area contributed by atoms with Crippen LogP contribution in [0.15, 0.2) is 35.6 Å². The number of fused-ring (bicyclic) bond motifs is 1. The normalized spacial score (nSPS) is 15.5. The molecule has 0 spiro atoms. The molecule has 0 bridgehead atoms. The number of amides is 2. The largest absolute Gasteiger partial charge is 0.497 e. The molecule has 1 saturated heterocycles. The second-order valence-electron chi connectivity index (χ2n) is 8.63. The van der Waals surface area contributed by atoms with E-state index in [0.29, 0.717) is 19.6 Å². The van der Waals surface area contributed by atoms with E-state index < -0.39 is 5.92 Å². The number of aromatic nitrogens is 4. The van der Waals surface area contributed by atoms with E-state index in [2.05, 4.69) is 34.6 Å². The van der Waals surface area contributed by atoms with Gasteiger partial charge in [-0.2, -0.15) is 5.10 Å². The summed E-state index contributed by atoms with van der Waals surface area (Å²) in [6, 6.07) is 7.28. The molecule has 3 heterocycles. The summed E-state index contributed by atoms with van der Waals surface area (Å²) in [5, 5.41) is 12.4. The fourth-order valence-electron chi connectivity index (χ4n) is 4.06. The number of anilines is 2. The smallest absolute Gasteiger partial charge is 0.227 e. The fourth-order valence-corrected chi connectivity index (χ4v) is 4.75. The molecule has 192 valence electrons. The topological polar surface area (TPSA) is 114 Å². The second-order valence-corrected chi connectivity index (χ2v) is 9.69. The zero-order chi connectivity index (χ0) is 25.5. The summed E-state index contributed by atoms with van der Waals surface area (Å²) in [6.45, 7) is 6.28. The molecule has 2 amide bonds. The number of methoxy groups -OCH3 is 1. The van der Waals surface area contributed by atoms with Gasteiger partial charge in [-0.05, 0) is 37.1 Å². The number of hydrogen-bond donors (Lipinski definition) is 2. The molecule has 1 atom stereocenters. The van der Waals surface area contributed by atoms with E-state index in [0.717, 1.165) is 58.6 Å². The van der Waals surface area contributed by atoms with Crippen LogP contribution in [0.3, 0.4) is 0 Å². The fraction of sp³-hybridized carbons (Fsp3) is 0.480. The van der Waals surface area contributed by atoms with Gasteiger partial charge in [-0.25, -0.2) is 14.6 Å². The first kappa shape index (κ1) is 25.7. The maximum absolute atomic E-state index is 12.8. The van der Waals surface area contributed by atoms with Crippen molar-refractivity contribution >= 4 is 46.1 Å². The molecule has 0 saturated carbocycles. The van der Waals surface area contributed by atoms with Crippen molar-refractivity contribution in [3.63, 3.8) is 0 Å². The number of carbonyl (C=O) groups excluding carboxylic acids is 2. The first-order chi connectivity index (χ1) is 17.5. The number of benzene rings is 1. The maximum atomic E-state index is 12.8. The molecule has 4 rings (SSSR count). The van der Waals surface area contributed by atoms with Crippen LogP contribution in [-0.2, 0) is 16.1 Å². The molecule has 2 N–H and O–H groups in total. The Bertz CT molecular complexity index is 1200. The molecule has 10 nitrogen and oxygen atoms in total. The molecule has 1 aromatic carbocycles. The number of nitrogens with zero attached hydrogens (tertiary/aromatic N) is 5. The number of ether oxygens (including phenoxy) is 1. The minimum atomic E-state index is -0.391. The van der Waals surface area contributed by atoms with Crippen molar-refractivity contribution < 1.29 is 14.3 Å². The van der Waals surface area contributed by atoms with Crippen molar-refractivity contribution in [3.05, 3.63) is 30.5 Å². The van der Waals surface area contributed by atoms with Crippen molar-refractivity contribution in [2.45, 2.75) is 44.8 Å². The summed E-state index contributed by atoms with van der Waals surface area (Å²) in [5.74, 6) is 1.88. The Balaban J connectivity index is 1.38. The lowest BCUT2D eigenvalue weighted by molar-refractivity contribution is -0.126. The third kappa shape index (κ3) is 5.89. The molecule has 1 unspecified atom stereocenters. The van der Waals surface area contributed by atoms with Crippen LogP contribution in [0, 0.1) is 5.92 Å². The molecule has 1 aliphatic heterocycles. The summed E-state index contributed by atoms with van der Waals surface area (Å²) < 4.78 is 6.98. The Morgan fingerprint density at radius 3 is 2.69 bits per heavy atom. The predicted octanol–water partition coefficient (Wildman–Crippen LogP) is 3.33. The number of hydrogen-bond acceptors (Lipinski definition) is 8. The van der Waals surface area contributed by atoms with Crippen LogP contribution in [0.4, 0.5) is 11.5 Å². The van der Waals surface area contributed by atoms with Crippen LogP contribution in [0.5, 0.6) is 5.75 Å². The van der Waals surface area contributed by atoms with Gasteiger partial charge in [-0.1, -0.05) is 25.6 Å². The zero-order valence-electron chi connectivity index (χ0n) is 21.0.